The number of para-hydroxylation sites is 1. The van der Waals surface area contributed by atoms with Gasteiger partial charge in [0.15, 0.2) is 0 Å². The molecule has 0 amide bonds. The van der Waals surface area contributed by atoms with Crippen LogP contribution in [0.1, 0.15) is 0 Å². The van der Waals surface area contributed by atoms with E-state index in [1.165, 1.54) is 4.57 Å². The smallest absolute Gasteiger partial charge is 0.267 e. The minimum absolute atomic E-state index is 0.169. The highest BCUT2D eigenvalue weighted by Crippen LogP contribution is 2.24. The van der Waals surface area contributed by atoms with Crippen molar-refractivity contribution in [2.45, 2.75) is 0 Å². The van der Waals surface area contributed by atoms with E-state index in [2.05, 4.69) is 14.9 Å². The minimum Gasteiger partial charge on any atom is -0.378 e. The Balaban J connectivity index is 1.55. The lowest BCUT2D eigenvalue weighted by atomic mass is 10.1. The second-order valence-corrected chi connectivity index (χ2v) is 7.18. The van der Waals surface area contributed by atoms with Gasteiger partial charge in [0, 0.05) is 24.8 Å². The molecule has 0 radical (unpaired) electrons. The molecule has 2 aromatic carbocycles. The van der Waals surface area contributed by atoms with Gasteiger partial charge < -0.3 is 15.4 Å². The molecule has 7 heteroatoms. The van der Waals surface area contributed by atoms with Gasteiger partial charge in [0.1, 0.15) is 5.82 Å². The summed E-state index contributed by atoms with van der Waals surface area (Å²) in [5.41, 5.74) is 9.01. The number of nitrogen functional groups attached to an aromatic ring is 1. The maximum absolute atomic E-state index is 13.2. The summed E-state index contributed by atoms with van der Waals surface area (Å²) in [6.45, 7) is 3.12. The Hall–Kier alpha value is -3.71. The highest BCUT2D eigenvalue weighted by Gasteiger charge is 2.14. The van der Waals surface area contributed by atoms with E-state index in [-0.39, 0.29) is 11.5 Å². The van der Waals surface area contributed by atoms with Gasteiger partial charge in [-0.25, -0.2) is 14.5 Å². The molecule has 4 aromatic rings. The normalized spacial score (nSPS) is 14.2. The number of anilines is 2. The van der Waals surface area contributed by atoms with Gasteiger partial charge in [-0.1, -0.05) is 24.3 Å². The molecule has 0 saturated carbocycles. The molecule has 0 atom stereocenters. The number of nitrogens with two attached hydrogens (primary N) is 1. The minimum atomic E-state index is -0.191. The van der Waals surface area contributed by atoms with Crippen molar-refractivity contribution in [3.8, 4) is 16.8 Å². The number of rotatable bonds is 3. The molecule has 5 rings (SSSR count). The van der Waals surface area contributed by atoms with Crippen LogP contribution in [0.2, 0.25) is 0 Å². The Labute approximate surface area is 173 Å². The number of hydrogen-bond donors (Lipinski definition) is 1. The van der Waals surface area contributed by atoms with E-state index >= 15 is 0 Å². The number of hydrogen-bond acceptors (Lipinski definition) is 6. The van der Waals surface area contributed by atoms with Crippen LogP contribution >= 0.6 is 0 Å². The second kappa shape index (κ2) is 7.61. The Kier molecular flexibility index (Phi) is 4.65. The molecule has 1 aliphatic rings. The molecule has 150 valence electrons. The molecule has 2 aromatic heterocycles. The van der Waals surface area contributed by atoms with Gasteiger partial charge in [-0.05, 0) is 42.0 Å². The van der Waals surface area contributed by atoms with Gasteiger partial charge in [-0.2, -0.15) is 0 Å². The van der Waals surface area contributed by atoms with Crippen LogP contribution in [0.5, 0.6) is 0 Å². The quantitative estimate of drug-likeness (QED) is 0.570. The topological polar surface area (TPSA) is 86.3 Å². The summed E-state index contributed by atoms with van der Waals surface area (Å²) in [6.07, 6.45) is 1.84. The van der Waals surface area contributed by atoms with Gasteiger partial charge in [0.05, 0.1) is 29.8 Å². The molecular weight excluding hydrogens is 378 g/mol. The van der Waals surface area contributed by atoms with Gasteiger partial charge in [-0.3, -0.25) is 4.79 Å². The number of benzene rings is 2. The van der Waals surface area contributed by atoms with Crippen LogP contribution in [-0.2, 0) is 4.74 Å². The maximum atomic E-state index is 13.2. The second-order valence-electron chi connectivity index (χ2n) is 7.18. The molecule has 7 nitrogen and oxygen atoms in total. The average Bonchev–Trinajstić information content (AvgIpc) is 2.80. The van der Waals surface area contributed by atoms with Crippen LogP contribution in [0.15, 0.2) is 71.7 Å². The molecule has 0 aliphatic carbocycles. The Morgan fingerprint density at radius 3 is 2.43 bits per heavy atom. The predicted octanol–water partition coefficient (Wildman–Crippen LogP) is 2.87. The van der Waals surface area contributed by atoms with Crippen molar-refractivity contribution >= 4 is 22.7 Å². The van der Waals surface area contributed by atoms with Crippen LogP contribution in [0.4, 0.5) is 11.8 Å². The van der Waals surface area contributed by atoms with Crippen LogP contribution < -0.4 is 16.2 Å². The number of aromatic nitrogens is 3. The summed E-state index contributed by atoms with van der Waals surface area (Å²) >= 11 is 0. The third-order valence-corrected chi connectivity index (χ3v) is 5.32. The first-order chi connectivity index (χ1) is 14.7. The zero-order valence-electron chi connectivity index (χ0n) is 16.4. The van der Waals surface area contributed by atoms with Crippen LogP contribution in [-0.4, -0.2) is 40.8 Å². The van der Waals surface area contributed by atoms with Gasteiger partial charge in [0.2, 0.25) is 5.95 Å². The molecule has 1 fully saturated rings. The summed E-state index contributed by atoms with van der Waals surface area (Å²) in [5, 5.41) is 0.516. The zero-order chi connectivity index (χ0) is 20.5. The van der Waals surface area contributed by atoms with E-state index in [1.807, 2.05) is 66.9 Å². The summed E-state index contributed by atoms with van der Waals surface area (Å²) < 4.78 is 6.84. The fourth-order valence-electron chi connectivity index (χ4n) is 3.75. The molecule has 0 spiro atoms. The summed E-state index contributed by atoms with van der Waals surface area (Å²) in [6, 6.07) is 19.0. The number of morpholine rings is 1. The SMILES string of the molecule is Nc1nc2ccc(-c3ccc(N4CCOCC4)nc3)cc2c(=O)n1-c1ccccc1. The van der Waals surface area contributed by atoms with Crippen molar-refractivity contribution in [1.29, 1.82) is 0 Å². The van der Waals surface area contributed by atoms with Crippen LogP contribution in [0, 0.1) is 0 Å². The lowest BCUT2D eigenvalue weighted by Crippen LogP contribution is -2.36. The summed E-state index contributed by atoms with van der Waals surface area (Å²) in [5.74, 6) is 1.10. The van der Waals surface area contributed by atoms with E-state index in [0.717, 1.165) is 43.2 Å². The first-order valence-corrected chi connectivity index (χ1v) is 9.87. The zero-order valence-corrected chi connectivity index (χ0v) is 16.4. The van der Waals surface area contributed by atoms with Crippen LogP contribution in [0.25, 0.3) is 27.7 Å². The summed E-state index contributed by atoms with van der Waals surface area (Å²) in [7, 11) is 0. The average molecular weight is 399 g/mol. The molecule has 1 saturated heterocycles. The summed E-state index contributed by atoms with van der Waals surface area (Å²) in [4.78, 5) is 24.5. The largest absolute Gasteiger partial charge is 0.378 e. The molecule has 2 N–H and O–H groups in total. The number of nitrogens with zero attached hydrogens (tertiary/aromatic N) is 4. The maximum Gasteiger partial charge on any atom is 0.267 e. The fraction of sp³-hybridized carbons (Fsp3) is 0.174. The van der Waals surface area contributed by atoms with Crippen molar-refractivity contribution in [3.63, 3.8) is 0 Å². The number of ether oxygens (including phenoxy) is 1. The van der Waals surface area contributed by atoms with Gasteiger partial charge in [0.25, 0.3) is 5.56 Å². The molecule has 1 aliphatic heterocycles. The third-order valence-electron chi connectivity index (χ3n) is 5.32. The highest BCUT2D eigenvalue weighted by molar-refractivity contribution is 5.85. The van der Waals surface area contributed by atoms with Crippen molar-refractivity contribution < 1.29 is 4.74 Å². The van der Waals surface area contributed by atoms with Crippen molar-refractivity contribution in [2.75, 3.05) is 36.9 Å². The lowest BCUT2D eigenvalue weighted by Gasteiger charge is -2.27. The van der Waals surface area contributed by atoms with E-state index < -0.39 is 0 Å². The van der Waals surface area contributed by atoms with E-state index in [9.17, 15) is 4.79 Å². The first-order valence-electron chi connectivity index (χ1n) is 9.87. The highest BCUT2D eigenvalue weighted by atomic mass is 16.5. The Morgan fingerprint density at radius 1 is 0.933 bits per heavy atom. The number of pyridine rings is 1. The first kappa shape index (κ1) is 18.3. The van der Waals surface area contributed by atoms with Gasteiger partial charge in [-0.15, -0.1) is 0 Å². The van der Waals surface area contributed by atoms with E-state index in [4.69, 9.17) is 10.5 Å². The standard InChI is InChI=1S/C23H21N5O2/c24-23-26-20-8-6-16(14-19(20)22(29)28(23)18-4-2-1-3-5-18)17-7-9-21(25-15-17)27-10-12-30-13-11-27/h1-9,14-15H,10-13H2,(H2,24,26). The Bertz CT molecular complexity index is 1250. The lowest BCUT2D eigenvalue weighted by molar-refractivity contribution is 0.122. The number of fused-ring (bicyclic) bond motifs is 1. The van der Waals surface area contributed by atoms with Crippen molar-refractivity contribution in [3.05, 3.63) is 77.2 Å². The van der Waals surface area contributed by atoms with E-state index in [0.29, 0.717) is 16.6 Å². The molecule has 0 bridgehead atoms. The molecule has 3 heterocycles. The predicted molar refractivity (Wildman–Crippen MR) is 118 cm³/mol. The van der Waals surface area contributed by atoms with Gasteiger partial charge >= 0.3 is 0 Å². The van der Waals surface area contributed by atoms with E-state index in [1.54, 1.807) is 0 Å². The molecule has 30 heavy (non-hydrogen) atoms. The van der Waals surface area contributed by atoms with Crippen molar-refractivity contribution in [1.82, 2.24) is 14.5 Å². The monoisotopic (exact) mass is 399 g/mol. The molecular formula is C23H21N5O2. The fourth-order valence-corrected chi connectivity index (χ4v) is 3.75. The van der Waals surface area contributed by atoms with Crippen molar-refractivity contribution in [2.24, 2.45) is 0 Å². The third kappa shape index (κ3) is 3.29. The Morgan fingerprint density at radius 2 is 1.70 bits per heavy atom. The van der Waals surface area contributed by atoms with Crippen LogP contribution in [0.3, 0.4) is 0 Å². The molecule has 0 unspecified atom stereocenters.